The van der Waals surface area contributed by atoms with E-state index in [1.54, 1.807) is 24.3 Å². The number of hydrogen-bond donors (Lipinski definition) is 0. The molecule has 0 unspecified atom stereocenters. The quantitative estimate of drug-likeness (QED) is 0.439. The van der Waals surface area contributed by atoms with Crippen LogP contribution in [0, 0.1) is 0 Å². The lowest BCUT2D eigenvalue weighted by Gasteiger charge is -2.15. The minimum absolute atomic E-state index is 0.282. The van der Waals surface area contributed by atoms with Crippen LogP contribution >= 0.6 is 23.4 Å². The zero-order valence-electron chi connectivity index (χ0n) is 16.5. The van der Waals surface area contributed by atoms with Crippen LogP contribution in [0.15, 0.2) is 83.8 Å². The van der Waals surface area contributed by atoms with Crippen molar-refractivity contribution in [2.75, 3.05) is 4.90 Å². The second kappa shape index (κ2) is 8.90. The number of carbonyl (C=O) groups is 2. The second-order valence-electron chi connectivity index (χ2n) is 6.95. The average molecular weight is 434 g/mol. The highest BCUT2D eigenvalue weighted by Crippen LogP contribution is 2.39. The van der Waals surface area contributed by atoms with E-state index in [0.717, 1.165) is 17.5 Å². The Labute approximate surface area is 185 Å². The summed E-state index contributed by atoms with van der Waals surface area (Å²) >= 11 is 7.43. The summed E-state index contributed by atoms with van der Waals surface area (Å²) in [6, 6.07) is 24.5. The van der Waals surface area contributed by atoms with Gasteiger partial charge in [-0.1, -0.05) is 73.1 Å². The van der Waals surface area contributed by atoms with Crippen LogP contribution in [-0.2, 0) is 21.8 Å². The lowest BCUT2D eigenvalue weighted by Crippen LogP contribution is -2.31. The Morgan fingerprint density at radius 2 is 1.47 bits per heavy atom. The van der Waals surface area contributed by atoms with Crippen molar-refractivity contribution in [1.29, 1.82) is 0 Å². The highest BCUT2D eigenvalue weighted by molar-refractivity contribution is 8.03. The predicted octanol–water partition coefficient (Wildman–Crippen LogP) is 6.12. The Bertz CT molecular complexity index is 1110. The van der Waals surface area contributed by atoms with Gasteiger partial charge in [0.05, 0.1) is 16.2 Å². The predicted molar refractivity (Wildman–Crippen MR) is 124 cm³/mol. The van der Waals surface area contributed by atoms with Gasteiger partial charge in [-0.25, -0.2) is 4.90 Å². The highest BCUT2D eigenvalue weighted by Gasteiger charge is 2.40. The molecule has 150 valence electrons. The molecule has 1 aliphatic heterocycles. The molecular weight excluding hydrogens is 414 g/mol. The average Bonchev–Trinajstić information content (AvgIpc) is 3.03. The molecule has 30 heavy (non-hydrogen) atoms. The summed E-state index contributed by atoms with van der Waals surface area (Å²) in [6.45, 7) is 2.07. The first-order valence-electron chi connectivity index (χ1n) is 9.73. The van der Waals surface area contributed by atoms with Crippen molar-refractivity contribution < 1.29 is 9.59 Å². The SMILES string of the molecule is CCc1ccc(N2C(=O)C(SCc3ccccc3)=C(c3ccc(Cl)cc3)C2=O)cc1. The summed E-state index contributed by atoms with van der Waals surface area (Å²) in [4.78, 5) is 28.5. The van der Waals surface area contributed by atoms with Gasteiger partial charge in [-0.3, -0.25) is 9.59 Å². The number of thioether (sulfide) groups is 1. The number of halogens is 1. The second-order valence-corrected chi connectivity index (χ2v) is 8.37. The van der Waals surface area contributed by atoms with Crippen LogP contribution in [0.1, 0.15) is 23.6 Å². The van der Waals surface area contributed by atoms with Crippen LogP contribution in [0.3, 0.4) is 0 Å². The monoisotopic (exact) mass is 433 g/mol. The van der Waals surface area contributed by atoms with Crippen molar-refractivity contribution in [2.45, 2.75) is 19.1 Å². The fourth-order valence-corrected chi connectivity index (χ4v) is 4.55. The summed E-state index contributed by atoms with van der Waals surface area (Å²) in [5.74, 6) is 0.0202. The van der Waals surface area contributed by atoms with Crippen LogP contribution in [0.4, 0.5) is 5.69 Å². The molecule has 5 heteroatoms. The van der Waals surface area contributed by atoms with Crippen molar-refractivity contribution in [3.63, 3.8) is 0 Å². The lowest BCUT2D eigenvalue weighted by molar-refractivity contribution is -0.119. The molecule has 0 fully saturated rings. The molecule has 0 spiro atoms. The summed E-state index contributed by atoms with van der Waals surface area (Å²) in [5, 5.41) is 0.585. The summed E-state index contributed by atoms with van der Waals surface area (Å²) < 4.78 is 0. The number of anilines is 1. The van der Waals surface area contributed by atoms with Crippen LogP contribution < -0.4 is 4.90 Å². The molecule has 2 amide bonds. The van der Waals surface area contributed by atoms with Gasteiger partial charge in [0, 0.05) is 10.8 Å². The smallest absolute Gasteiger partial charge is 0.268 e. The molecule has 0 bridgehead atoms. The number of imide groups is 1. The molecule has 0 aromatic heterocycles. The van der Waals surface area contributed by atoms with Gasteiger partial charge in [-0.2, -0.15) is 0 Å². The number of aryl methyl sites for hydroxylation is 1. The third-order valence-corrected chi connectivity index (χ3v) is 6.40. The van der Waals surface area contributed by atoms with Gasteiger partial charge in [0.1, 0.15) is 0 Å². The first-order valence-corrected chi connectivity index (χ1v) is 11.1. The molecular formula is C25H20ClNO2S. The van der Waals surface area contributed by atoms with Gasteiger partial charge in [-0.15, -0.1) is 11.8 Å². The summed E-state index contributed by atoms with van der Waals surface area (Å²) in [7, 11) is 0. The topological polar surface area (TPSA) is 37.4 Å². The van der Waals surface area contributed by atoms with E-state index in [4.69, 9.17) is 11.6 Å². The Hall–Kier alpha value is -2.82. The molecule has 1 aliphatic rings. The fraction of sp³-hybridized carbons (Fsp3) is 0.120. The Balaban J connectivity index is 1.72. The number of nitrogens with zero attached hydrogens (tertiary/aromatic N) is 1. The van der Waals surface area contributed by atoms with Crippen molar-refractivity contribution in [1.82, 2.24) is 0 Å². The van der Waals surface area contributed by atoms with E-state index in [9.17, 15) is 9.59 Å². The molecule has 0 N–H and O–H groups in total. The van der Waals surface area contributed by atoms with E-state index >= 15 is 0 Å². The standard InChI is InChI=1S/C25H20ClNO2S/c1-2-17-8-14-21(15-9-17)27-24(28)22(19-10-12-20(26)13-11-19)23(25(27)29)30-16-18-6-4-3-5-7-18/h3-15H,2,16H2,1H3. The van der Waals surface area contributed by atoms with E-state index in [1.165, 1.54) is 16.7 Å². The minimum atomic E-state index is -0.304. The largest absolute Gasteiger partial charge is 0.272 e. The first kappa shape index (κ1) is 20.5. The molecule has 0 saturated heterocycles. The normalized spacial score (nSPS) is 14.0. The number of benzene rings is 3. The van der Waals surface area contributed by atoms with Gasteiger partial charge < -0.3 is 0 Å². The third-order valence-electron chi connectivity index (χ3n) is 5.00. The molecule has 0 aliphatic carbocycles. The Morgan fingerprint density at radius 1 is 0.800 bits per heavy atom. The van der Waals surface area contributed by atoms with Gasteiger partial charge in [0.2, 0.25) is 0 Å². The minimum Gasteiger partial charge on any atom is -0.268 e. The highest BCUT2D eigenvalue weighted by atomic mass is 35.5. The number of hydrogen-bond acceptors (Lipinski definition) is 3. The molecule has 3 aromatic rings. The maximum Gasteiger partial charge on any atom is 0.272 e. The van der Waals surface area contributed by atoms with E-state index in [-0.39, 0.29) is 11.8 Å². The van der Waals surface area contributed by atoms with Gasteiger partial charge >= 0.3 is 0 Å². The van der Waals surface area contributed by atoms with Crippen molar-refractivity contribution >= 4 is 46.4 Å². The van der Waals surface area contributed by atoms with Gasteiger partial charge in [0.15, 0.2) is 0 Å². The van der Waals surface area contributed by atoms with Crippen molar-refractivity contribution in [2.24, 2.45) is 0 Å². The third kappa shape index (κ3) is 4.07. The number of rotatable bonds is 6. The number of amides is 2. The molecule has 1 heterocycles. The molecule has 0 radical (unpaired) electrons. The zero-order chi connectivity index (χ0) is 21.1. The Kier molecular flexibility index (Phi) is 6.07. The lowest BCUT2D eigenvalue weighted by atomic mass is 10.1. The van der Waals surface area contributed by atoms with Crippen LogP contribution in [0.25, 0.3) is 5.57 Å². The van der Waals surface area contributed by atoms with E-state index in [1.807, 2.05) is 54.6 Å². The maximum atomic E-state index is 13.4. The summed E-state index contributed by atoms with van der Waals surface area (Å²) in [5.41, 5.74) is 3.96. The fourth-order valence-electron chi connectivity index (χ4n) is 3.36. The van der Waals surface area contributed by atoms with Crippen LogP contribution in [0.5, 0.6) is 0 Å². The van der Waals surface area contributed by atoms with Crippen molar-refractivity contribution in [3.8, 4) is 0 Å². The summed E-state index contributed by atoms with van der Waals surface area (Å²) in [6.07, 6.45) is 0.897. The van der Waals surface area contributed by atoms with E-state index in [2.05, 4.69) is 6.92 Å². The van der Waals surface area contributed by atoms with E-state index in [0.29, 0.717) is 32.5 Å². The van der Waals surface area contributed by atoms with Crippen molar-refractivity contribution in [3.05, 3.63) is 105 Å². The maximum absolute atomic E-state index is 13.4. The zero-order valence-corrected chi connectivity index (χ0v) is 18.0. The number of carbonyl (C=O) groups excluding carboxylic acids is 2. The van der Waals surface area contributed by atoms with Crippen LogP contribution in [-0.4, -0.2) is 11.8 Å². The molecule has 0 atom stereocenters. The molecule has 0 saturated carbocycles. The van der Waals surface area contributed by atoms with Gasteiger partial charge in [-0.05, 0) is 47.4 Å². The van der Waals surface area contributed by atoms with Gasteiger partial charge in [0.25, 0.3) is 11.8 Å². The molecule has 4 rings (SSSR count). The molecule has 3 nitrogen and oxygen atoms in total. The van der Waals surface area contributed by atoms with E-state index < -0.39 is 0 Å². The first-order chi connectivity index (χ1) is 14.6. The van der Waals surface area contributed by atoms with Crippen LogP contribution in [0.2, 0.25) is 5.02 Å². The molecule has 3 aromatic carbocycles. The Morgan fingerprint density at radius 3 is 2.10 bits per heavy atom.